The van der Waals surface area contributed by atoms with E-state index in [0.717, 1.165) is 24.5 Å². The van der Waals surface area contributed by atoms with E-state index < -0.39 is 5.97 Å². The highest BCUT2D eigenvalue weighted by Gasteiger charge is 2.44. The zero-order chi connectivity index (χ0) is 12.0. The molecule has 4 nitrogen and oxygen atoms in total. The van der Waals surface area contributed by atoms with Gasteiger partial charge in [0.25, 0.3) is 0 Å². The van der Waals surface area contributed by atoms with Crippen molar-refractivity contribution in [2.75, 3.05) is 30.4 Å². The molecule has 1 aromatic rings. The maximum absolute atomic E-state index is 11.0. The second kappa shape index (κ2) is 3.39. The average molecular weight is 232 g/mol. The van der Waals surface area contributed by atoms with Gasteiger partial charge in [0.15, 0.2) is 0 Å². The average Bonchev–Trinajstić information content (AvgIpc) is 3.07. The summed E-state index contributed by atoms with van der Waals surface area (Å²) in [5, 5.41) is 12.4. The summed E-state index contributed by atoms with van der Waals surface area (Å²) >= 11 is 0. The Labute approximate surface area is 100 Å². The maximum Gasteiger partial charge on any atom is 0.335 e. The van der Waals surface area contributed by atoms with E-state index in [2.05, 4.69) is 17.3 Å². The van der Waals surface area contributed by atoms with E-state index in [4.69, 9.17) is 5.11 Å². The number of hydrogen-bond acceptors (Lipinski definition) is 3. The molecule has 3 rings (SSSR count). The molecule has 1 saturated carbocycles. The molecule has 1 aliphatic carbocycles. The van der Waals surface area contributed by atoms with Crippen molar-refractivity contribution in [3.05, 3.63) is 23.8 Å². The zero-order valence-corrected chi connectivity index (χ0v) is 9.86. The Balaban J connectivity index is 1.98. The van der Waals surface area contributed by atoms with E-state index >= 15 is 0 Å². The Morgan fingerprint density at radius 3 is 2.88 bits per heavy atom. The molecule has 2 aliphatic rings. The van der Waals surface area contributed by atoms with Crippen LogP contribution in [-0.2, 0) is 0 Å². The lowest BCUT2D eigenvalue weighted by atomic mass is 10.1. The fourth-order valence-corrected chi connectivity index (χ4v) is 2.58. The van der Waals surface area contributed by atoms with E-state index in [0.29, 0.717) is 11.0 Å². The standard InChI is InChI=1S/C13H16N2O2/c1-15-8-13(4-5-13)7-14-10-6-9(12(16)17)2-3-11(10)15/h2-3,6,14H,4-5,7-8H2,1H3,(H,16,17). The number of fused-ring (bicyclic) bond motifs is 1. The number of nitrogens with zero attached hydrogens (tertiary/aromatic N) is 1. The van der Waals surface area contributed by atoms with Gasteiger partial charge in [0.2, 0.25) is 0 Å². The molecule has 0 amide bonds. The number of hydrogen-bond donors (Lipinski definition) is 2. The highest BCUT2D eigenvalue weighted by Crippen LogP contribution is 2.49. The van der Waals surface area contributed by atoms with Crippen molar-refractivity contribution >= 4 is 17.3 Å². The topological polar surface area (TPSA) is 52.6 Å². The molecular formula is C13H16N2O2. The van der Waals surface area contributed by atoms with Crippen molar-refractivity contribution < 1.29 is 9.90 Å². The van der Waals surface area contributed by atoms with Gasteiger partial charge in [-0.25, -0.2) is 4.79 Å². The molecule has 0 radical (unpaired) electrons. The number of benzene rings is 1. The van der Waals surface area contributed by atoms with Gasteiger partial charge in [0, 0.05) is 25.6 Å². The van der Waals surface area contributed by atoms with Gasteiger partial charge >= 0.3 is 5.97 Å². The van der Waals surface area contributed by atoms with Crippen LogP contribution < -0.4 is 10.2 Å². The summed E-state index contributed by atoms with van der Waals surface area (Å²) in [6.07, 6.45) is 2.54. The third kappa shape index (κ3) is 1.73. The number of nitrogens with one attached hydrogen (secondary N) is 1. The van der Waals surface area contributed by atoms with E-state index in [1.165, 1.54) is 12.8 Å². The molecular weight excluding hydrogens is 216 g/mol. The first-order valence-electron chi connectivity index (χ1n) is 5.92. The second-order valence-electron chi connectivity index (χ2n) is 5.25. The van der Waals surface area contributed by atoms with Crippen molar-refractivity contribution in [3.63, 3.8) is 0 Å². The van der Waals surface area contributed by atoms with Crippen LogP contribution >= 0.6 is 0 Å². The maximum atomic E-state index is 11.0. The van der Waals surface area contributed by atoms with Crippen LogP contribution in [0.3, 0.4) is 0 Å². The molecule has 0 atom stereocenters. The van der Waals surface area contributed by atoms with Gasteiger partial charge in [-0.3, -0.25) is 0 Å². The summed E-state index contributed by atoms with van der Waals surface area (Å²) in [5.41, 5.74) is 2.79. The number of rotatable bonds is 1. The summed E-state index contributed by atoms with van der Waals surface area (Å²) in [6.45, 7) is 2.01. The fourth-order valence-electron chi connectivity index (χ4n) is 2.58. The van der Waals surface area contributed by atoms with Gasteiger partial charge in [-0.05, 0) is 31.0 Å². The molecule has 4 heteroatoms. The van der Waals surface area contributed by atoms with E-state index in [-0.39, 0.29) is 0 Å². The van der Waals surface area contributed by atoms with Crippen molar-refractivity contribution in [1.29, 1.82) is 0 Å². The van der Waals surface area contributed by atoms with Crippen molar-refractivity contribution in [2.45, 2.75) is 12.8 Å². The quantitative estimate of drug-likeness (QED) is 0.778. The predicted molar refractivity (Wildman–Crippen MR) is 66.8 cm³/mol. The lowest BCUT2D eigenvalue weighted by Crippen LogP contribution is -2.27. The van der Waals surface area contributed by atoms with Gasteiger partial charge in [-0.1, -0.05) is 0 Å². The van der Waals surface area contributed by atoms with Crippen LogP contribution in [0.15, 0.2) is 18.2 Å². The first kappa shape index (κ1) is 10.4. The summed E-state index contributed by atoms with van der Waals surface area (Å²) in [6, 6.07) is 5.30. The zero-order valence-electron chi connectivity index (χ0n) is 9.86. The number of carboxylic acids is 1. The summed E-state index contributed by atoms with van der Waals surface area (Å²) in [7, 11) is 2.08. The van der Waals surface area contributed by atoms with Crippen LogP contribution in [0.5, 0.6) is 0 Å². The Morgan fingerprint density at radius 2 is 2.24 bits per heavy atom. The van der Waals surface area contributed by atoms with Crippen LogP contribution in [-0.4, -0.2) is 31.2 Å². The minimum absolute atomic E-state index is 0.344. The fraction of sp³-hybridized carbons (Fsp3) is 0.462. The first-order chi connectivity index (χ1) is 8.10. The van der Waals surface area contributed by atoms with E-state index in [1.807, 2.05) is 6.07 Å². The molecule has 0 aromatic heterocycles. The molecule has 1 aromatic carbocycles. The molecule has 0 bridgehead atoms. The lowest BCUT2D eigenvalue weighted by Gasteiger charge is -2.21. The SMILES string of the molecule is CN1CC2(CC2)CNc2cc(C(=O)O)ccc21. The Bertz CT molecular complexity index is 480. The van der Waals surface area contributed by atoms with Crippen molar-refractivity contribution in [1.82, 2.24) is 0 Å². The third-order valence-electron chi connectivity index (χ3n) is 3.84. The molecule has 0 unspecified atom stereocenters. The van der Waals surface area contributed by atoms with Gasteiger partial charge in [-0.2, -0.15) is 0 Å². The molecule has 1 heterocycles. The van der Waals surface area contributed by atoms with Crippen LogP contribution in [0, 0.1) is 5.41 Å². The highest BCUT2D eigenvalue weighted by atomic mass is 16.4. The smallest absolute Gasteiger partial charge is 0.335 e. The van der Waals surface area contributed by atoms with Gasteiger partial charge in [0.05, 0.1) is 16.9 Å². The van der Waals surface area contributed by atoms with Crippen LogP contribution in [0.2, 0.25) is 0 Å². The first-order valence-corrected chi connectivity index (χ1v) is 5.92. The number of anilines is 2. The minimum atomic E-state index is -0.873. The van der Waals surface area contributed by atoms with Gasteiger partial charge < -0.3 is 15.3 Å². The molecule has 1 fully saturated rings. The Morgan fingerprint density at radius 1 is 1.47 bits per heavy atom. The number of carbonyl (C=O) groups is 1. The summed E-state index contributed by atoms with van der Waals surface area (Å²) in [4.78, 5) is 13.2. The predicted octanol–water partition coefficient (Wildman–Crippen LogP) is 2.03. The largest absolute Gasteiger partial charge is 0.478 e. The highest BCUT2D eigenvalue weighted by molar-refractivity contribution is 5.91. The Hall–Kier alpha value is -1.71. The summed E-state index contributed by atoms with van der Waals surface area (Å²) in [5.74, 6) is -0.873. The summed E-state index contributed by atoms with van der Waals surface area (Å²) < 4.78 is 0. The minimum Gasteiger partial charge on any atom is -0.478 e. The number of aromatic carboxylic acids is 1. The Kier molecular flexibility index (Phi) is 2.08. The second-order valence-corrected chi connectivity index (χ2v) is 5.25. The van der Waals surface area contributed by atoms with Crippen LogP contribution in [0.1, 0.15) is 23.2 Å². The van der Waals surface area contributed by atoms with E-state index in [1.54, 1.807) is 12.1 Å². The van der Waals surface area contributed by atoms with Crippen LogP contribution in [0.4, 0.5) is 11.4 Å². The van der Waals surface area contributed by atoms with Crippen molar-refractivity contribution in [3.8, 4) is 0 Å². The molecule has 1 aliphatic heterocycles. The number of carboxylic acid groups (broad SMARTS) is 1. The van der Waals surface area contributed by atoms with Crippen molar-refractivity contribution in [2.24, 2.45) is 5.41 Å². The lowest BCUT2D eigenvalue weighted by molar-refractivity contribution is 0.0697. The molecule has 1 spiro atoms. The molecule has 17 heavy (non-hydrogen) atoms. The van der Waals surface area contributed by atoms with Gasteiger partial charge in [0.1, 0.15) is 0 Å². The van der Waals surface area contributed by atoms with E-state index in [9.17, 15) is 4.79 Å². The van der Waals surface area contributed by atoms with Crippen LogP contribution in [0.25, 0.3) is 0 Å². The third-order valence-corrected chi connectivity index (χ3v) is 3.84. The molecule has 2 N–H and O–H groups in total. The normalized spacial score (nSPS) is 20.4. The molecule has 90 valence electrons. The van der Waals surface area contributed by atoms with Gasteiger partial charge in [-0.15, -0.1) is 0 Å². The molecule has 0 saturated heterocycles. The monoisotopic (exact) mass is 232 g/mol.